The number of rotatable bonds is 4. The molecule has 3 rings (SSSR count). The first-order chi connectivity index (χ1) is 9.42. The first-order valence-electron chi connectivity index (χ1n) is 6.16. The third-order valence-electron chi connectivity index (χ3n) is 2.86. The second kappa shape index (κ2) is 5.35. The number of anilines is 1. The molecule has 94 valence electrons. The van der Waals surface area contributed by atoms with Gasteiger partial charge in [-0.3, -0.25) is 0 Å². The molecule has 0 atom stereocenters. The minimum atomic E-state index is 0.820. The number of hydrogen-bond donors (Lipinski definition) is 1. The van der Waals surface area contributed by atoms with E-state index in [2.05, 4.69) is 27.6 Å². The van der Waals surface area contributed by atoms with Crippen molar-refractivity contribution in [2.75, 3.05) is 5.32 Å². The lowest BCUT2D eigenvalue weighted by Gasteiger charge is -2.07. The van der Waals surface area contributed by atoms with Crippen molar-refractivity contribution in [1.82, 2.24) is 15.0 Å². The number of hydrogen-bond acceptors (Lipinski definition) is 3. The van der Waals surface area contributed by atoms with Gasteiger partial charge in [-0.15, -0.1) is 0 Å². The maximum absolute atomic E-state index is 4.09. The highest BCUT2D eigenvalue weighted by Gasteiger charge is 1.98. The lowest BCUT2D eigenvalue weighted by atomic mass is 10.2. The average molecular weight is 250 g/mol. The zero-order valence-electron chi connectivity index (χ0n) is 10.4. The molecule has 0 spiro atoms. The van der Waals surface area contributed by atoms with E-state index < -0.39 is 0 Å². The molecule has 0 aliphatic heterocycles. The van der Waals surface area contributed by atoms with Crippen LogP contribution in [0.5, 0.6) is 0 Å². The van der Waals surface area contributed by atoms with E-state index in [1.54, 1.807) is 17.2 Å². The van der Waals surface area contributed by atoms with E-state index in [1.165, 1.54) is 5.56 Å². The molecular weight excluding hydrogens is 236 g/mol. The first kappa shape index (κ1) is 11.5. The van der Waals surface area contributed by atoms with Crippen LogP contribution in [0.3, 0.4) is 0 Å². The summed E-state index contributed by atoms with van der Waals surface area (Å²) in [5.74, 6) is 0. The normalized spacial score (nSPS) is 10.3. The Hall–Kier alpha value is -2.62. The van der Waals surface area contributed by atoms with Gasteiger partial charge in [-0.25, -0.2) is 0 Å². The van der Waals surface area contributed by atoms with Crippen LogP contribution in [0, 0.1) is 0 Å². The number of aromatic nitrogens is 3. The van der Waals surface area contributed by atoms with Crippen LogP contribution in [-0.4, -0.2) is 15.0 Å². The van der Waals surface area contributed by atoms with E-state index in [4.69, 9.17) is 0 Å². The molecule has 2 aromatic carbocycles. The summed E-state index contributed by atoms with van der Waals surface area (Å²) >= 11 is 0. The predicted molar refractivity (Wildman–Crippen MR) is 75.1 cm³/mol. The second-order valence-electron chi connectivity index (χ2n) is 4.20. The van der Waals surface area contributed by atoms with Crippen molar-refractivity contribution in [2.45, 2.75) is 6.54 Å². The van der Waals surface area contributed by atoms with Gasteiger partial charge in [0, 0.05) is 12.2 Å². The molecule has 1 heterocycles. The highest BCUT2D eigenvalue weighted by Crippen LogP contribution is 2.12. The second-order valence-corrected chi connectivity index (χ2v) is 4.20. The first-order valence-corrected chi connectivity index (χ1v) is 6.16. The van der Waals surface area contributed by atoms with Crippen molar-refractivity contribution in [1.29, 1.82) is 0 Å². The number of benzene rings is 2. The van der Waals surface area contributed by atoms with E-state index in [0.29, 0.717) is 0 Å². The SMILES string of the molecule is c1ccc(CNc2ccc(-n3nccn3)cc2)cc1. The topological polar surface area (TPSA) is 42.7 Å². The smallest absolute Gasteiger partial charge is 0.0858 e. The quantitative estimate of drug-likeness (QED) is 0.774. The van der Waals surface area contributed by atoms with Crippen LogP contribution in [0.15, 0.2) is 67.0 Å². The van der Waals surface area contributed by atoms with Crippen LogP contribution in [-0.2, 0) is 6.54 Å². The molecule has 0 radical (unpaired) electrons. The molecule has 19 heavy (non-hydrogen) atoms. The molecule has 0 fully saturated rings. The molecule has 1 N–H and O–H groups in total. The lowest BCUT2D eigenvalue weighted by molar-refractivity contribution is 0.752. The molecule has 0 unspecified atom stereocenters. The Labute approximate surface area is 111 Å². The molecule has 4 heteroatoms. The van der Waals surface area contributed by atoms with Gasteiger partial charge in [0.05, 0.1) is 18.1 Å². The molecule has 0 saturated carbocycles. The van der Waals surface area contributed by atoms with E-state index in [1.807, 2.05) is 42.5 Å². The van der Waals surface area contributed by atoms with Crippen molar-refractivity contribution < 1.29 is 0 Å². The maximum atomic E-state index is 4.09. The van der Waals surface area contributed by atoms with Gasteiger partial charge in [-0.1, -0.05) is 30.3 Å². The standard InChI is InChI=1S/C15H14N4/c1-2-4-13(5-3-1)12-16-14-6-8-15(9-7-14)19-17-10-11-18-19/h1-11,16H,12H2. The highest BCUT2D eigenvalue weighted by atomic mass is 15.5. The Morgan fingerprint density at radius 2 is 1.53 bits per heavy atom. The van der Waals surface area contributed by atoms with Gasteiger partial charge in [0.1, 0.15) is 0 Å². The van der Waals surface area contributed by atoms with Gasteiger partial charge in [0.25, 0.3) is 0 Å². The minimum absolute atomic E-state index is 0.820. The molecule has 0 bridgehead atoms. The summed E-state index contributed by atoms with van der Waals surface area (Å²) in [6.45, 7) is 0.820. The summed E-state index contributed by atoms with van der Waals surface area (Å²) in [4.78, 5) is 1.60. The summed E-state index contributed by atoms with van der Waals surface area (Å²) in [6, 6.07) is 18.4. The molecule has 0 amide bonds. The van der Waals surface area contributed by atoms with Crippen LogP contribution in [0.1, 0.15) is 5.56 Å². The van der Waals surface area contributed by atoms with Crippen LogP contribution in [0.25, 0.3) is 5.69 Å². The van der Waals surface area contributed by atoms with Gasteiger partial charge < -0.3 is 5.32 Å². The summed E-state index contributed by atoms with van der Waals surface area (Å²) < 4.78 is 0. The molecule has 4 nitrogen and oxygen atoms in total. The number of nitrogens with zero attached hydrogens (tertiary/aromatic N) is 3. The number of nitrogens with one attached hydrogen (secondary N) is 1. The lowest BCUT2D eigenvalue weighted by Crippen LogP contribution is -2.01. The molecule has 0 saturated heterocycles. The van der Waals surface area contributed by atoms with Crippen LogP contribution in [0.2, 0.25) is 0 Å². The summed E-state index contributed by atoms with van der Waals surface area (Å²) in [5, 5.41) is 11.6. The third-order valence-corrected chi connectivity index (χ3v) is 2.86. The molecule has 0 aliphatic carbocycles. The van der Waals surface area contributed by atoms with E-state index in [9.17, 15) is 0 Å². The summed E-state index contributed by atoms with van der Waals surface area (Å²) in [7, 11) is 0. The van der Waals surface area contributed by atoms with Crippen LogP contribution in [0.4, 0.5) is 5.69 Å². The maximum Gasteiger partial charge on any atom is 0.0858 e. The van der Waals surface area contributed by atoms with Crippen molar-refractivity contribution >= 4 is 5.69 Å². The largest absolute Gasteiger partial charge is 0.381 e. The van der Waals surface area contributed by atoms with Crippen LogP contribution < -0.4 is 5.32 Å². The monoisotopic (exact) mass is 250 g/mol. The Morgan fingerprint density at radius 3 is 2.21 bits per heavy atom. The van der Waals surface area contributed by atoms with Gasteiger partial charge in [-0.05, 0) is 29.8 Å². The summed E-state index contributed by atoms with van der Waals surface area (Å²) in [6.07, 6.45) is 3.34. The van der Waals surface area contributed by atoms with Gasteiger partial charge in [0.2, 0.25) is 0 Å². The molecule has 3 aromatic rings. The average Bonchev–Trinajstić information content (AvgIpc) is 3.01. The van der Waals surface area contributed by atoms with E-state index in [0.717, 1.165) is 17.9 Å². The Morgan fingerprint density at radius 1 is 0.842 bits per heavy atom. The molecule has 0 aliphatic rings. The molecule has 1 aromatic heterocycles. The third kappa shape index (κ3) is 2.80. The predicted octanol–water partition coefficient (Wildman–Crippen LogP) is 2.88. The van der Waals surface area contributed by atoms with Gasteiger partial charge >= 0.3 is 0 Å². The summed E-state index contributed by atoms with van der Waals surface area (Å²) in [5.41, 5.74) is 3.30. The van der Waals surface area contributed by atoms with Crippen molar-refractivity contribution in [3.8, 4) is 5.69 Å². The van der Waals surface area contributed by atoms with E-state index >= 15 is 0 Å². The van der Waals surface area contributed by atoms with Gasteiger partial charge in [0.15, 0.2) is 0 Å². The van der Waals surface area contributed by atoms with E-state index in [-0.39, 0.29) is 0 Å². The highest BCUT2D eigenvalue weighted by molar-refractivity contribution is 5.48. The van der Waals surface area contributed by atoms with Crippen molar-refractivity contribution in [2.24, 2.45) is 0 Å². The van der Waals surface area contributed by atoms with Gasteiger partial charge in [-0.2, -0.15) is 15.0 Å². The van der Waals surface area contributed by atoms with Crippen molar-refractivity contribution in [3.63, 3.8) is 0 Å². The Bertz CT molecular complexity index is 615. The zero-order chi connectivity index (χ0) is 12.9. The molecular formula is C15H14N4. The van der Waals surface area contributed by atoms with Crippen molar-refractivity contribution in [3.05, 3.63) is 72.6 Å². The minimum Gasteiger partial charge on any atom is -0.381 e. The fraction of sp³-hybridized carbons (Fsp3) is 0.0667. The Balaban J connectivity index is 1.67. The zero-order valence-corrected chi connectivity index (χ0v) is 10.4. The Kier molecular flexibility index (Phi) is 3.23. The fourth-order valence-electron chi connectivity index (χ4n) is 1.86. The fourth-order valence-corrected chi connectivity index (χ4v) is 1.86. The van der Waals surface area contributed by atoms with Crippen LogP contribution >= 0.6 is 0 Å².